The quantitative estimate of drug-likeness (QED) is 0.864. The predicted octanol–water partition coefficient (Wildman–Crippen LogP) is 3.26. The molecule has 1 aliphatic heterocycles. The number of fused-ring (bicyclic) bond motifs is 1. The summed E-state index contributed by atoms with van der Waals surface area (Å²) in [5, 5.41) is 7.51. The highest BCUT2D eigenvalue weighted by Crippen LogP contribution is 2.34. The fraction of sp³-hybridized carbons (Fsp3) is 0.333. The van der Waals surface area contributed by atoms with E-state index < -0.39 is 0 Å². The van der Waals surface area contributed by atoms with E-state index in [9.17, 15) is 4.79 Å². The van der Waals surface area contributed by atoms with Crippen molar-refractivity contribution in [2.45, 2.75) is 19.9 Å². The van der Waals surface area contributed by atoms with Crippen molar-refractivity contribution in [1.82, 2.24) is 9.78 Å². The Labute approximate surface area is 131 Å². The summed E-state index contributed by atoms with van der Waals surface area (Å²) < 4.78 is 8.11. The normalized spacial score (nSPS) is 13.5. The fourth-order valence-corrected chi connectivity index (χ4v) is 2.88. The van der Waals surface area contributed by atoms with E-state index in [1.807, 2.05) is 26.0 Å². The molecular weight excluding hydrogens is 334 g/mol. The van der Waals surface area contributed by atoms with Crippen LogP contribution >= 0.6 is 15.9 Å². The van der Waals surface area contributed by atoms with Crippen LogP contribution in [0, 0.1) is 0 Å². The van der Waals surface area contributed by atoms with E-state index in [4.69, 9.17) is 4.74 Å². The van der Waals surface area contributed by atoms with Crippen molar-refractivity contribution >= 4 is 27.4 Å². The lowest BCUT2D eigenvalue weighted by Gasteiger charge is -2.21. The Morgan fingerprint density at radius 3 is 3.05 bits per heavy atom. The number of ketones is 1. The minimum Gasteiger partial charge on any atom is -0.489 e. The second kappa shape index (κ2) is 5.52. The molecule has 0 saturated heterocycles. The van der Waals surface area contributed by atoms with Crippen molar-refractivity contribution in [3.05, 3.63) is 40.1 Å². The summed E-state index contributed by atoms with van der Waals surface area (Å²) in [6, 6.07) is 5.67. The molecule has 2 aromatic rings. The van der Waals surface area contributed by atoms with Crippen molar-refractivity contribution in [3.63, 3.8) is 0 Å². The Morgan fingerprint density at radius 2 is 2.29 bits per heavy atom. The molecule has 3 rings (SSSR count). The highest BCUT2D eigenvalue weighted by Gasteiger charge is 2.25. The maximum atomic E-state index is 12.9. The fourth-order valence-electron chi connectivity index (χ4n) is 2.42. The third-order valence-corrected chi connectivity index (χ3v) is 3.96. The number of ether oxygens (including phenoxy) is 1. The van der Waals surface area contributed by atoms with Gasteiger partial charge in [-0.1, -0.05) is 6.07 Å². The molecule has 0 spiro atoms. The van der Waals surface area contributed by atoms with Crippen LogP contribution in [0.4, 0.5) is 5.69 Å². The second-order valence-electron chi connectivity index (χ2n) is 5.17. The largest absolute Gasteiger partial charge is 0.489 e. The van der Waals surface area contributed by atoms with Gasteiger partial charge in [-0.2, -0.15) is 5.10 Å². The van der Waals surface area contributed by atoms with Gasteiger partial charge in [0.2, 0.25) is 5.78 Å². The molecule has 0 fully saturated rings. The molecule has 2 heterocycles. The topological polar surface area (TPSA) is 56.2 Å². The van der Waals surface area contributed by atoms with E-state index in [0.717, 1.165) is 12.2 Å². The van der Waals surface area contributed by atoms with Crippen molar-refractivity contribution in [3.8, 4) is 5.75 Å². The maximum Gasteiger partial charge on any atom is 0.216 e. The molecule has 5 nitrogen and oxygen atoms in total. The second-order valence-corrected chi connectivity index (χ2v) is 6.02. The highest BCUT2D eigenvalue weighted by atomic mass is 79.9. The summed E-state index contributed by atoms with van der Waals surface area (Å²) in [4.78, 5) is 12.9. The standard InChI is InChI=1S/C15H16BrN3O2/c1-9(2)19-13(11(16)8-18-19)14(20)10-4-3-5-12-15(10)21-7-6-17-12/h3-5,8-9,17H,6-7H2,1-2H3. The van der Waals surface area contributed by atoms with Crippen molar-refractivity contribution < 1.29 is 9.53 Å². The molecular formula is C15H16BrN3O2. The zero-order valence-corrected chi connectivity index (χ0v) is 13.5. The summed E-state index contributed by atoms with van der Waals surface area (Å²) >= 11 is 3.42. The minimum absolute atomic E-state index is 0.0892. The molecule has 110 valence electrons. The van der Waals surface area contributed by atoms with Crippen molar-refractivity contribution in [1.29, 1.82) is 0 Å². The molecule has 0 atom stereocenters. The van der Waals surface area contributed by atoms with Gasteiger partial charge in [-0.25, -0.2) is 0 Å². The molecule has 1 N–H and O–H groups in total. The Bertz CT molecular complexity index is 694. The van der Waals surface area contributed by atoms with Crippen LogP contribution in [-0.2, 0) is 0 Å². The van der Waals surface area contributed by atoms with E-state index in [2.05, 4.69) is 26.3 Å². The van der Waals surface area contributed by atoms with Gasteiger partial charge in [0, 0.05) is 12.6 Å². The number of rotatable bonds is 3. The third-order valence-electron chi connectivity index (χ3n) is 3.38. The van der Waals surface area contributed by atoms with E-state index >= 15 is 0 Å². The Kier molecular flexibility index (Phi) is 3.71. The Hall–Kier alpha value is -1.82. The van der Waals surface area contributed by atoms with Gasteiger partial charge in [0.25, 0.3) is 0 Å². The number of para-hydroxylation sites is 1. The Morgan fingerprint density at radius 1 is 1.48 bits per heavy atom. The average Bonchev–Trinajstić information content (AvgIpc) is 2.88. The van der Waals surface area contributed by atoms with Crippen molar-refractivity contribution in [2.24, 2.45) is 0 Å². The summed E-state index contributed by atoms with van der Waals surface area (Å²) in [5.41, 5.74) is 1.97. The van der Waals surface area contributed by atoms with Gasteiger partial charge in [-0.05, 0) is 41.9 Å². The van der Waals surface area contributed by atoms with E-state index in [-0.39, 0.29) is 11.8 Å². The van der Waals surface area contributed by atoms with Crippen LogP contribution in [0.25, 0.3) is 0 Å². The van der Waals surface area contributed by atoms with Crippen LogP contribution in [-0.4, -0.2) is 28.7 Å². The number of halogens is 1. The zero-order chi connectivity index (χ0) is 15.0. The first kappa shape index (κ1) is 14.1. The van der Waals surface area contributed by atoms with Crippen LogP contribution < -0.4 is 10.1 Å². The number of benzene rings is 1. The van der Waals surface area contributed by atoms with Gasteiger partial charge >= 0.3 is 0 Å². The number of carbonyl (C=O) groups is 1. The molecule has 6 heteroatoms. The van der Waals surface area contributed by atoms with Gasteiger partial charge < -0.3 is 10.1 Å². The Balaban J connectivity index is 2.10. The number of nitrogens with zero attached hydrogens (tertiary/aromatic N) is 2. The van der Waals surface area contributed by atoms with E-state index in [1.54, 1.807) is 16.9 Å². The summed E-state index contributed by atoms with van der Waals surface area (Å²) in [5.74, 6) is 0.533. The molecule has 0 amide bonds. The first-order valence-electron chi connectivity index (χ1n) is 6.87. The summed E-state index contributed by atoms with van der Waals surface area (Å²) in [6.45, 7) is 5.30. The number of aromatic nitrogens is 2. The molecule has 0 radical (unpaired) electrons. The first-order chi connectivity index (χ1) is 10.1. The molecule has 0 unspecified atom stereocenters. The molecule has 1 aromatic heterocycles. The monoisotopic (exact) mass is 349 g/mol. The number of anilines is 1. The number of hydrogen-bond donors (Lipinski definition) is 1. The van der Waals surface area contributed by atoms with Crippen LogP contribution in [0.3, 0.4) is 0 Å². The number of nitrogens with one attached hydrogen (secondary N) is 1. The van der Waals surface area contributed by atoms with Gasteiger partial charge in [0.1, 0.15) is 12.3 Å². The zero-order valence-electron chi connectivity index (χ0n) is 11.9. The molecule has 0 aliphatic carbocycles. The van der Waals surface area contributed by atoms with Crippen LogP contribution in [0.15, 0.2) is 28.9 Å². The average molecular weight is 350 g/mol. The lowest BCUT2D eigenvalue weighted by Crippen LogP contribution is -2.21. The SMILES string of the molecule is CC(C)n1ncc(Br)c1C(=O)c1cccc2c1OCCN2. The van der Waals surface area contributed by atoms with Crippen LogP contribution in [0.2, 0.25) is 0 Å². The lowest BCUT2D eigenvalue weighted by molar-refractivity contribution is 0.102. The molecule has 1 aromatic carbocycles. The summed E-state index contributed by atoms with van der Waals surface area (Å²) in [6.07, 6.45) is 1.65. The number of carbonyl (C=O) groups excluding carboxylic acids is 1. The summed E-state index contributed by atoms with van der Waals surface area (Å²) in [7, 11) is 0. The molecule has 0 bridgehead atoms. The highest BCUT2D eigenvalue weighted by molar-refractivity contribution is 9.10. The molecule has 1 aliphatic rings. The molecule has 21 heavy (non-hydrogen) atoms. The third kappa shape index (κ3) is 2.44. The van der Waals surface area contributed by atoms with Gasteiger partial charge in [0.05, 0.1) is 21.9 Å². The maximum absolute atomic E-state index is 12.9. The van der Waals surface area contributed by atoms with Gasteiger partial charge in [0.15, 0.2) is 5.75 Å². The smallest absolute Gasteiger partial charge is 0.216 e. The van der Waals surface area contributed by atoms with E-state index in [1.165, 1.54) is 0 Å². The lowest BCUT2D eigenvalue weighted by atomic mass is 10.0. The number of hydrogen-bond acceptors (Lipinski definition) is 4. The van der Waals surface area contributed by atoms with Crippen LogP contribution in [0.5, 0.6) is 5.75 Å². The first-order valence-corrected chi connectivity index (χ1v) is 7.66. The van der Waals surface area contributed by atoms with Crippen molar-refractivity contribution in [2.75, 3.05) is 18.5 Å². The van der Waals surface area contributed by atoms with Crippen LogP contribution in [0.1, 0.15) is 35.9 Å². The molecule has 0 saturated carbocycles. The van der Waals surface area contributed by atoms with E-state index in [0.29, 0.717) is 28.1 Å². The minimum atomic E-state index is -0.0892. The van der Waals surface area contributed by atoms with Gasteiger partial charge in [-0.3, -0.25) is 9.48 Å². The van der Waals surface area contributed by atoms with Gasteiger partial charge in [-0.15, -0.1) is 0 Å². The predicted molar refractivity (Wildman–Crippen MR) is 84.2 cm³/mol.